The van der Waals surface area contributed by atoms with Crippen LogP contribution in [0, 0.1) is 0 Å². The van der Waals surface area contributed by atoms with Gasteiger partial charge in [0.15, 0.2) is 5.78 Å². The summed E-state index contributed by atoms with van der Waals surface area (Å²) < 4.78 is 41.4. The molecule has 0 atom stereocenters. The molecule has 0 aliphatic carbocycles. The normalized spacial score (nSPS) is 13.7. The molecule has 0 bridgehead atoms. The summed E-state index contributed by atoms with van der Waals surface area (Å²) in [5, 5.41) is 6.54. The summed E-state index contributed by atoms with van der Waals surface area (Å²) in [6, 6.07) is 15.6. The molecule has 3 aromatic carbocycles. The minimum atomic E-state index is -4.65. The molecule has 11 heteroatoms. The number of amides is 1. The summed E-state index contributed by atoms with van der Waals surface area (Å²) in [4.78, 5) is 29.1. The summed E-state index contributed by atoms with van der Waals surface area (Å²) in [7, 11) is 0. The quantitative estimate of drug-likeness (QED) is 0.174. The lowest BCUT2D eigenvalue weighted by molar-refractivity contribution is -0.137. The highest BCUT2D eigenvalue weighted by atomic mass is 35.5. The Balaban J connectivity index is 1.49. The zero-order chi connectivity index (χ0) is 29.1. The molecule has 1 aromatic heterocycles. The third-order valence-electron chi connectivity index (χ3n) is 6.93. The van der Waals surface area contributed by atoms with E-state index >= 15 is 0 Å². The second kappa shape index (κ2) is 12.0. The molecular formula is C30H25Cl2F3N4O2. The first-order chi connectivity index (χ1) is 19.6. The van der Waals surface area contributed by atoms with E-state index in [1.807, 2.05) is 12.1 Å². The lowest BCUT2D eigenvalue weighted by Gasteiger charge is -2.29. The molecule has 0 unspecified atom stereocenters. The van der Waals surface area contributed by atoms with Gasteiger partial charge in [0.2, 0.25) is 0 Å². The molecule has 1 amide bonds. The van der Waals surface area contributed by atoms with E-state index in [-0.39, 0.29) is 22.7 Å². The van der Waals surface area contributed by atoms with Gasteiger partial charge in [0.1, 0.15) is 0 Å². The van der Waals surface area contributed by atoms with Crippen LogP contribution in [0.5, 0.6) is 0 Å². The largest absolute Gasteiger partial charge is 0.417 e. The van der Waals surface area contributed by atoms with Crippen LogP contribution in [0.2, 0.25) is 5.02 Å². The van der Waals surface area contributed by atoms with Crippen molar-refractivity contribution in [2.75, 3.05) is 23.3 Å². The number of aromatic nitrogens is 2. The Morgan fingerprint density at radius 2 is 1.68 bits per heavy atom. The standard InChI is InChI=1S/C30H25Cl2F3N4O2/c31-16-19-5-4-6-20(13-19)29(41)37-27-10-8-22(38-11-2-1-3-12-38)14-24(27)28(40)21-17-36-39(18-21)23-7-9-26(32)25(15-23)30(33,34)35/h4-10,13-15,17-18H,1-3,11-12,16H2,(H,37,41). The van der Waals surface area contributed by atoms with Gasteiger partial charge in [-0.1, -0.05) is 23.7 Å². The number of piperidine rings is 1. The van der Waals surface area contributed by atoms with Gasteiger partial charge in [0, 0.05) is 42.0 Å². The van der Waals surface area contributed by atoms with Gasteiger partial charge >= 0.3 is 6.18 Å². The Bertz CT molecular complexity index is 1600. The zero-order valence-corrected chi connectivity index (χ0v) is 23.2. The minimum absolute atomic E-state index is 0.0931. The lowest BCUT2D eigenvalue weighted by Crippen LogP contribution is -2.29. The minimum Gasteiger partial charge on any atom is -0.372 e. The predicted molar refractivity (Wildman–Crippen MR) is 153 cm³/mol. The fourth-order valence-electron chi connectivity index (χ4n) is 4.78. The molecular weight excluding hydrogens is 576 g/mol. The summed E-state index contributed by atoms with van der Waals surface area (Å²) in [6.07, 6.45) is 1.20. The highest BCUT2D eigenvalue weighted by Crippen LogP contribution is 2.36. The van der Waals surface area contributed by atoms with Crippen LogP contribution in [0.3, 0.4) is 0 Å². The number of carbonyl (C=O) groups is 2. The van der Waals surface area contributed by atoms with Crippen LogP contribution < -0.4 is 10.2 Å². The van der Waals surface area contributed by atoms with E-state index in [0.29, 0.717) is 11.3 Å². The van der Waals surface area contributed by atoms with E-state index in [2.05, 4.69) is 15.3 Å². The van der Waals surface area contributed by atoms with Crippen LogP contribution in [-0.4, -0.2) is 34.6 Å². The fourth-order valence-corrected chi connectivity index (χ4v) is 5.17. The molecule has 0 saturated carbocycles. The number of carbonyl (C=O) groups excluding carboxylic acids is 2. The number of rotatable bonds is 7. The van der Waals surface area contributed by atoms with E-state index in [4.69, 9.17) is 23.2 Å². The van der Waals surface area contributed by atoms with Crippen LogP contribution in [0.15, 0.2) is 73.1 Å². The molecule has 5 rings (SSSR count). The number of hydrogen-bond donors (Lipinski definition) is 1. The number of nitrogens with one attached hydrogen (secondary N) is 1. The molecule has 0 radical (unpaired) electrons. The SMILES string of the molecule is O=C(Nc1ccc(N2CCCCC2)cc1C(=O)c1cnn(-c2ccc(Cl)c(C(F)(F)F)c2)c1)c1cccc(CCl)c1. The molecule has 1 saturated heterocycles. The Hall–Kier alpha value is -3.82. The first-order valence-corrected chi connectivity index (χ1v) is 13.9. The van der Waals surface area contributed by atoms with E-state index in [0.717, 1.165) is 55.7 Å². The number of hydrogen-bond acceptors (Lipinski definition) is 4. The summed E-state index contributed by atoms with van der Waals surface area (Å²) in [5.74, 6) is -0.601. The van der Waals surface area contributed by atoms with Crippen molar-refractivity contribution < 1.29 is 22.8 Å². The molecule has 2 heterocycles. The third-order valence-corrected chi connectivity index (χ3v) is 7.56. The maximum Gasteiger partial charge on any atom is 0.417 e. The average Bonchev–Trinajstić information content (AvgIpc) is 3.47. The smallest absolute Gasteiger partial charge is 0.372 e. The maximum absolute atomic E-state index is 13.8. The van der Waals surface area contributed by atoms with Gasteiger partial charge in [-0.15, -0.1) is 11.6 Å². The fraction of sp³-hybridized carbons (Fsp3) is 0.233. The molecule has 0 spiro atoms. The van der Waals surface area contributed by atoms with Crippen LogP contribution >= 0.6 is 23.2 Å². The van der Waals surface area contributed by atoms with Crippen molar-refractivity contribution in [3.63, 3.8) is 0 Å². The van der Waals surface area contributed by atoms with Gasteiger partial charge in [-0.3, -0.25) is 9.59 Å². The van der Waals surface area contributed by atoms with Gasteiger partial charge in [-0.05, 0) is 73.4 Å². The number of anilines is 2. The Morgan fingerprint density at radius 3 is 2.41 bits per heavy atom. The van der Waals surface area contributed by atoms with Gasteiger partial charge < -0.3 is 10.2 Å². The van der Waals surface area contributed by atoms with Crippen LogP contribution in [0.1, 0.15) is 56.7 Å². The third kappa shape index (κ3) is 6.41. The first kappa shape index (κ1) is 28.7. The van der Waals surface area contributed by atoms with Gasteiger partial charge in [0.05, 0.1) is 33.7 Å². The molecule has 1 aliphatic heterocycles. The van der Waals surface area contributed by atoms with Gasteiger partial charge in [-0.2, -0.15) is 18.3 Å². The Labute approximate surface area is 244 Å². The van der Waals surface area contributed by atoms with Crippen molar-refractivity contribution in [2.45, 2.75) is 31.3 Å². The number of benzene rings is 3. The molecule has 6 nitrogen and oxygen atoms in total. The van der Waals surface area contributed by atoms with Crippen molar-refractivity contribution in [3.05, 3.63) is 106 Å². The number of ketones is 1. The summed E-state index contributed by atoms with van der Waals surface area (Å²) in [5.41, 5.74) is 1.78. The molecule has 1 N–H and O–H groups in total. The first-order valence-electron chi connectivity index (χ1n) is 13.0. The molecule has 1 fully saturated rings. The summed E-state index contributed by atoms with van der Waals surface area (Å²) in [6.45, 7) is 1.70. The number of nitrogens with zero attached hydrogens (tertiary/aromatic N) is 3. The highest BCUT2D eigenvalue weighted by Gasteiger charge is 2.33. The van der Waals surface area contributed by atoms with Crippen molar-refractivity contribution in [1.82, 2.24) is 9.78 Å². The van der Waals surface area contributed by atoms with Crippen molar-refractivity contribution in [2.24, 2.45) is 0 Å². The van der Waals surface area contributed by atoms with Gasteiger partial charge in [0.25, 0.3) is 5.91 Å². The zero-order valence-electron chi connectivity index (χ0n) is 21.7. The number of alkyl halides is 4. The Kier molecular flexibility index (Phi) is 8.37. The molecule has 1 aliphatic rings. The Morgan fingerprint density at radius 1 is 0.927 bits per heavy atom. The topological polar surface area (TPSA) is 67.2 Å². The van der Waals surface area contributed by atoms with Crippen LogP contribution in [0.4, 0.5) is 24.5 Å². The monoisotopic (exact) mass is 600 g/mol. The van der Waals surface area contributed by atoms with Crippen molar-refractivity contribution in [3.8, 4) is 5.69 Å². The van der Waals surface area contributed by atoms with Crippen LogP contribution in [-0.2, 0) is 12.1 Å². The van der Waals surface area contributed by atoms with Crippen molar-refractivity contribution in [1.29, 1.82) is 0 Å². The van der Waals surface area contributed by atoms with Gasteiger partial charge in [-0.25, -0.2) is 4.68 Å². The predicted octanol–water partition coefficient (Wildman–Crippen LogP) is 7.76. The highest BCUT2D eigenvalue weighted by molar-refractivity contribution is 6.31. The maximum atomic E-state index is 13.8. The number of halogens is 5. The van der Waals surface area contributed by atoms with Crippen LogP contribution in [0.25, 0.3) is 5.69 Å². The molecule has 212 valence electrons. The second-order valence-electron chi connectivity index (χ2n) is 9.73. The molecule has 41 heavy (non-hydrogen) atoms. The van der Waals surface area contributed by atoms with E-state index in [1.165, 1.54) is 23.1 Å². The average molecular weight is 601 g/mol. The second-order valence-corrected chi connectivity index (χ2v) is 10.4. The van der Waals surface area contributed by atoms with E-state index in [1.54, 1.807) is 30.3 Å². The van der Waals surface area contributed by atoms with E-state index < -0.39 is 28.5 Å². The van der Waals surface area contributed by atoms with Crippen molar-refractivity contribution >= 4 is 46.3 Å². The summed E-state index contributed by atoms with van der Waals surface area (Å²) >= 11 is 11.7. The van der Waals surface area contributed by atoms with E-state index in [9.17, 15) is 22.8 Å². The lowest BCUT2D eigenvalue weighted by atomic mass is 10.0. The molecule has 4 aromatic rings.